The van der Waals surface area contributed by atoms with Crippen molar-refractivity contribution in [1.82, 2.24) is 19.9 Å². The third kappa shape index (κ3) is 4.14. The molecule has 0 N–H and O–H groups in total. The highest BCUT2D eigenvalue weighted by molar-refractivity contribution is 8.00. The van der Waals surface area contributed by atoms with Crippen LogP contribution < -0.4 is 4.74 Å². The molecule has 0 radical (unpaired) electrons. The van der Waals surface area contributed by atoms with Crippen LogP contribution in [0.2, 0.25) is 0 Å². The minimum atomic E-state index is -0.756. The summed E-state index contributed by atoms with van der Waals surface area (Å²) in [6, 6.07) is 12.6. The van der Waals surface area contributed by atoms with Crippen LogP contribution in [0, 0.1) is 0 Å². The molecule has 0 saturated carbocycles. The second-order valence-electron chi connectivity index (χ2n) is 7.07. The number of carbonyl (C=O) groups excluding carboxylic acids is 2. The van der Waals surface area contributed by atoms with E-state index in [1.54, 1.807) is 30.8 Å². The van der Waals surface area contributed by atoms with Crippen LogP contribution in [0.4, 0.5) is 0 Å². The first kappa shape index (κ1) is 21.4. The first-order valence-electron chi connectivity index (χ1n) is 10.1. The van der Waals surface area contributed by atoms with E-state index in [9.17, 15) is 9.59 Å². The highest BCUT2D eigenvalue weighted by atomic mass is 32.2. The van der Waals surface area contributed by atoms with Crippen molar-refractivity contribution in [3.63, 3.8) is 0 Å². The number of fused-ring (bicyclic) bond motifs is 1. The molecule has 1 unspecified atom stereocenters. The first-order valence-corrected chi connectivity index (χ1v) is 12.0. The summed E-state index contributed by atoms with van der Waals surface area (Å²) < 4.78 is 11.8. The van der Waals surface area contributed by atoms with Gasteiger partial charge in [0.05, 0.1) is 28.4 Å². The number of thiazole rings is 1. The summed E-state index contributed by atoms with van der Waals surface area (Å²) in [6.45, 7) is 0.431. The van der Waals surface area contributed by atoms with Gasteiger partial charge in [-0.05, 0) is 24.3 Å². The van der Waals surface area contributed by atoms with Gasteiger partial charge in [0, 0.05) is 30.3 Å². The van der Waals surface area contributed by atoms with Crippen molar-refractivity contribution in [3.05, 3.63) is 71.6 Å². The Kier molecular flexibility index (Phi) is 5.93. The van der Waals surface area contributed by atoms with Crippen molar-refractivity contribution in [2.45, 2.75) is 5.56 Å². The van der Waals surface area contributed by atoms with Gasteiger partial charge in [-0.2, -0.15) is 0 Å². The standard InChI is InChI=1S/C23H18N4O4S2/c1-30-15-5-2-4-14(12-15)18-19(25-9-8-24-18)21(28)27-10-11-32-23(27)31-22(29)16-6-3-7-17-20(16)33-13-26-17/h2-9,12-13,23H,10-11H2,1H3. The lowest BCUT2D eigenvalue weighted by atomic mass is 10.1. The third-order valence-corrected chi connectivity index (χ3v) is 7.07. The lowest BCUT2D eigenvalue weighted by molar-refractivity contribution is 0.0144. The zero-order chi connectivity index (χ0) is 22.8. The van der Waals surface area contributed by atoms with Gasteiger partial charge in [-0.25, -0.2) is 14.8 Å². The lowest BCUT2D eigenvalue weighted by Crippen LogP contribution is -2.38. The number of carbonyl (C=O) groups is 2. The van der Waals surface area contributed by atoms with E-state index in [1.165, 1.54) is 40.4 Å². The van der Waals surface area contributed by atoms with Gasteiger partial charge in [0.25, 0.3) is 5.91 Å². The molecule has 1 atom stereocenters. The Morgan fingerprint density at radius 1 is 1.09 bits per heavy atom. The average Bonchev–Trinajstić information content (AvgIpc) is 3.53. The quantitative estimate of drug-likeness (QED) is 0.396. The van der Waals surface area contributed by atoms with E-state index in [0.717, 1.165) is 10.2 Å². The predicted octanol–water partition coefficient (Wildman–Crippen LogP) is 4.09. The lowest BCUT2D eigenvalue weighted by Gasteiger charge is -2.23. The number of aromatic nitrogens is 3. The third-order valence-electron chi connectivity index (χ3n) is 5.14. The largest absolute Gasteiger partial charge is 0.497 e. The smallest absolute Gasteiger partial charge is 0.342 e. The van der Waals surface area contributed by atoms with Crippen LogP contribution in [0.5, 0.6) is 5.75 Å². The van der Waals surface area contributed by atoms with Gasteiger partial charge < -0.3 is 9.47 Å². The molecule has 4 aromatic rings. The van der Waals surface area contributed by atoms with Gasteiger partial charge in [0.15, 0.2) is 5.69 Å². The molecule has 2 aromatic heterocycles. The van der Waals surface area contributed by atoms with Gasteiger partial charge in [-0.1, -0.05) is 30.0 Å². The second-order valence-corrected chi connectivity index (χ2v) is 9.07. The fourth-order valence-corrected chi connectivity index (χ4v) is 5.39. The zero-order valence-corrected chi connectivity index (χ0v) is 19.1. The number of hydrogen-bond acceptors (Lipinski definition) is 9. The first-order chi connectivity index (χ1) is 16.2. The molecular weight excluding hydrogens is 460 g/mol. The normalized spacial score (nSPS) is 15.5. The molecule has 3 heterocycles. The van der Waals surface area contributed by atoms with Crippen molar-refractivity contribution in [1.29, 1.82) is 0 Å². The molecule has 1 amide bonds. The Labute approximate surface area is 197 Å². The number of amides is 1. The number of esters is 1. The van der Waals surface area contributed by atoms with Crippen LogP contribution >= 0.6 is 23.1 Å². The van der Waals surface area contributed by atoms with Gasteiger partial charge >= 0.3 is 5.97 Å². The maximum absolute atomic E-state index is 13.5. The van der Waals surface area contributed by atoms with Crippen LogP contribution in [0.15, 0.2) is 60.4 Å². The summed E-state index contributed by atoms with van der Waals surface area (Å²) in [4.78, 5) is 40.9. The Hall–Kier alpha value is -3.50. The molecule has 1 saturated heterocycles. The van der Waals surface area contributed by atoms with Crippen molar-refractivity contribution < 1.29 is 19.1 Å². The van der Waals surface area contributed by atoms with Crippen molar-refractivity contribution in [2.24, 2.45) is 0 Å². The number of hydrogen-bond donors (Lipinski definition) is 0. The molecular formula is C23H18N4O4S2. The average molecular weight is 479 g/mol. The SMILES string of the molecule is COc1cccc(-c2nccnc2C(=O)N2CCSC2OC(=O)c2cccc3ncsc23)c1. The Morgan fingerprint density at radius 2 is 1.94 bits per heavy atom. The predicted molar refractivity (Wildman–Crippen MR) is 126 cm³/mol. The van der Waals surface area contributed by atoms with Gasteiger partial charge in [0.2, 0.25) is 5.56 Å². The van der Waals surface area contributed by atoms with E-state index >= 15 is 0 Å². The molecule has 166 valence electrons. The monoisotopic (exact) mass is 478 g/mol. The van der Waals surface area contributed by atoms with E-state index in [-0.39, 0.29) is 11.6 Å². The molecule has 1 aliphatic heterocycles. The van der Waals surface area contributed by atoms with E-state index < -0.39 is 11.5 Å². The van der Waals surface area contributed by atoms with Crippen LogP contribution in [-0.4, -0.2) is 56.7 Å². The van der Waals surface area contributed by atoms with Crippen LogP contribution in [0.3, 0.4) is 0 Å². The minimum Gasteiger partial charge on any atom is -0.497 e. The van der Waals surface area contributed by atoms with Gasteiger partial charge in [0.1, 0.15) is 11.4 Å². The van der Waals surface area contributed by atoms with Gasteiger partial charge in [-0.15, -0.1) is 11.3 Å². The van der Waals surface area contributed by atoms with Crippen molar-refractivity contribution in [3.8, 4) is 17.0 Å². The highest BCUT2D eigenvalue weighted by Crippen LogP contribution is 2.31. The summed E-state index contributed by atoms with van der Waals surface area (Å²) in [5.41, 5.74) is 3.46. The Balaban J connectivity index is 1.41. The fraction of sp³-hybridized carbons (Fsp3) is 0.174. The van der Waals surface area contributed by atoms with Gasteiger partial charge in [-0.3, -0.25) is 14.7 Å². The number of nitrogens with zero attached hydrogens (tertiary/aromatic N) is 4. The number of rotatable bonds is 5. The fourth-order valence-electron chi connectivity index (χ4n) is 3.56. The van der Waals surface area contributed by atoms with Crippen molar-refractivity contribution in [2.75, 3.05) is 19.4 Å². The van der Waals surface area contributed by atoms with E-state index in [2.05, 4.69) is 15.0 Å². The number of benzene rings is 2. The maximum Gasteiger partial charge on any atom is 0.342 e. The molecule has 10 heteroatoms. The molecule has 0 aliphatic carbocycles. The minimum absolute atomic E-state index is 0.193. The Morgan fingerprint density at radius 3 is 2.82 bits per heavy atom. The van der Waals surface area contributed by atoms with Crippen LogP contribution in [0.25, 0.3) is 21.5 Å². The molecule has 0 spiro atoms. The van der Waals surface area contributed by atoms with Crippen LogP contribution in [0.1, 0.15) is 20.8 Å². The number of thioether (sulfide) groups is 1. The second kappa shape index (κ2) is 9.16. The molecule has 0 bridgehead atoms. The zero-order valence-electron chi connectivity index (χ0n) is 17.5. The van der Waals surface area contributed by atoms with Crippen LogP contribution in [-0.2, 0) is 4.74 Å². The van der Waals surface area contributed by atoms with E-state index in [0.29, 0.717) is 34.9 Å². The summed E-state index contributed by atoms with van der Waals surface area (Å²) in [7, 11) is 1.58. The topological polar surface area (TPSA) is 94.5 Å². The summed E-state index contributed by atoms with van der Waals surface area (Å²) in [5.74, 6) is 0.453. The maximum atomic E-state index is 13.5. The van der Waals surface area contributed by atoms with E-state index in [1.807, 2.05) is 24.3 Å². The molecule has 5 rings (SSSR count). The summed E-state index contributed by atoms with van der Waals surface area (Å²) in [6.07, 6.45) is 3.02. The molecule has 2 aromatic carbocycles. The van der Waals surface area contributed by atoms with Crippen molar-refractivity contribution >= 4 is 45.2 Å². The molecule has 33 heavy (non-hydrogen) atoms. The molecule has 8 nitrogen and oxygen atoms in total. The Bertz CT molecular complexity index is 1340. The summed E-state index contributed by atoms with van der Waals surface area (Å²) >= 11 is 2.77. The molecule has 1 fully saturated rings. The summed E-state index contributed by atoms with van der Waals surface area (Å²) in [5, 5.41) is 0. The van der Waals surface area contributed by atoms with E-state index in [4.69, 9.17) is 9.47 Å². The number of ether oxygens (including phenoxy) is 2. The number of methoxy groups -OCH3 is 1. The highest BCUT2D eigenvalue weighted by Gasteiger charge is 2.35. The molecule has 1 aliphatic rings.